The molecule has 0 bridgehead atoms. The van der Waals surface area contributed by atoms with Gasteiger partial charge in [0.05, 0.1) is 5.92 Å². The third-order valence-electron chi connectivity index (χ3n) is 5.37. The molecule has 2 aliphatic heterocycles. The first-order chi connectivity index (χ1) is 10.5. The molecule has 0 aromatic rings. The number of urea groups is 1. The number of likely N-dealkylation sites (tertiary alicyclic amines) is 1. The normalized spacial score (nSPS) is 27.0. The lowest BCUT2D eigenvalue weighted by molar-refractivity contribution is -0.129. The van der Waals surface area contributed by atoms with E-state index in [4.69, 9.17) is 4.74 Å². The highest BCUT2D eigenvalue weighted by molar-refractivity contribution is 5.82. The van der Waals surface area contributed by atoms with Crippen molar-refractivity contribution in [2.75, 3.05) is 46.9 Å². The van der Waals surface area contributed by atoms with Gasteiger partial charge in [-0.25, -0.2) is 4.79 Å². The molecule has 3 amide bonds. The lowest BCUT2D eigenvalue weighted by Gasteiger charge is -2.37. The van der Waals surface area contributed by atoms with Crippen LogP contribution in [0.5, 0.6) is 0 Å². The van der Waals surface area contributed by atoms with Gasteiger partial charge in [-0.3, -0.25) is 4.79 Å². The van der Waals surface area contributed by atoms with Crippen LogP contribution in [-0.4, -0.2) is 68.7 Å². The van der Waals surface area contributed by atoms with Crippen LogP contribution < -0.4 is 5.32 Å². The molecule has 6 nitrogen and oxygen atoms in total. The molecule has 1 N–H and O–H groups in total. The van der Waals surface area contributed by atoms with Crippen LogP contribution in [0.1, 0.15) is 25.7 Å². The predicted octanol–water partition coefficient (Wildman–Crippen LogP) is 0.923. The number of nitrogens with zero attached hydrogens (tertiary/aromatic N) is 2. The molecule has 6 heteroatoms. The van der Waals surface area contributed by atoms with Crippen LogP contribution in [0.4, 0.5) is 4.79 Å². The smallest absolute Gasteiger partial charge is 0.319 e. The minimum Gasteiger partial charge on any atom is -0.381 e. The Morgan fingerprint density at radius 3 is 2.55 bits per heavy atom. The Balaban J connectivity index is 1.71. The first kappa shape index (κ1) is 15.6. The maximum atomic E-state index is 12.7. The van der Waals surface area contributed by atoms with Crippen LogP contribution in [0, 0.1) is 17.3 Å². The van der Waals surface area contributed by atoms with Gasteiger partial charge < -0.3 is 19.9 Å². The summed E-state index contributed by atoms with van der Waals surface area (Å²) in [5.74, 6) is 0.706. The highest BCUT2D eigenvalue weighted by Crippen LogP contribution is 2.44. The van der Waals surface area contributed by atoms with Gasteiger partial charge in [-0.2, -0.15) is 0 Å². The van der Waals surface area contributed by atoms with Crippen molar-refractivity contribution < 1.29 is 14.3 Å². The van der Waals surface area contributed by atoms with Crippen molar-refractivity contribution in [3.8, 4) is 0 Å². The molecule has 22 heavy (non-hydrogen) atoms. The zero-order valence-corrected chi connectivity index (χ0v) is 13.6. The fourth-order valence-corrected chi connectivity index (χ4v) is 3.73. The van der Waals surface area contributed by atoms with Crippen molar-refractivity contribution in [3.63, 3.8) is 0 Å². The molecule has 1 aliphatic carbocycles. The number of nitrogens with one attached hydrogen (secondary N) is 1. The van der Waals surface area contributed by atoms with Gasteiger partial charge in [0.1, 0.15) is 0 Å². The molecular weight excluding hydrogens is 282 g/mol. The van der Waals surface area contributed by atoms with Crippen LogP contribution in [0.3, 0.4) is 0 Å². The zero-order valence-electron chi connectivity index (χ0n) is 13.6. The molecule has 0 aromatic carbocycles. The molecule has 0 radical (unpaired) electrons. The van der Waals surface area contributed by atoms with Crippen LogP contribution in [0.15, 0.2) is 0 Å². The molecule has 1 saturated carbocycles. The van der Waals surface area contributed by atoms with E-state index in [0.29, 0.717) is 32.2 Å². The van der Waals surface area contributed by atoms with E-state index in [-0.39, 0.29) is 23.3 Å². The molecule has 0 unspecified atom stereocenters. The zero-order chi connectivity index (χ0) is 15.7. The Bertz CT molecular complexity index is 442. The van der Waals surface area contributed by atoms with Crippen LogP contribution in [0.2, 0.25) is 0 Å². The third kappa shape index (κ3) is 3.07. The lowest BCUT2D eigenvalue weighted by atomic mass is 9.72. The van der Waals surface area contributed by atoms with E-state index in [0.717, 1.165) is 19.4 Å². The van der Waals surface area contributed by atoms with Crippen molar-refractivity contribution in [2.24, 2.45) is 17.3 Å². The summed E-state index contributed by atoms with van der Waals surface area (Å²) in [6.45, 7) is 3.39. The van der Waals surface area contributed by atoms with E-state index in [1.807, 2.05) is 4.90 Å². The Morgan fingerprint density at radius 1 is 1.27 bits per heavy atom. The highest BCUT2D eigenvalue weighted by atomic mass is 16.5. The van der Waals surface area contributed by atoms with Crippen LogP contribution >= 0.6 is 0 Å². The molecule has 3 fully saturated rings. The summed E-state index contributed by atoms with van der Waals surface area (Å²) < 4.78 is 5.49. The van der Waals surface area contributed by atoms with Gasteiger partial charge >= 0.3 is 6.03 Å². The van der Waals surface area contributed by atoms with Gasteiger partial charge in [-0.15, -0.1) is 0 Å². The van der Waals surface area contributed by atoms with Crippen molar-refractivity contribution in [1.29, 1.82) is 0 Å². The molecule has 1 atom stereocenters. The predicted molar refractivity (Wildman–Crippen MR) is 82.4 cm³/mol. The first-order valence-corrected chi connectivity index (χ1v) is 8.33. The largest absolute Gasteiger partial charge is 0.381 e. The van der Waals surface area contributed by atoms with Gasteiger partial charge in [0.15, 0.2) is 0 Å². The number of ether oxygens (including phenoxy) is 1. The number of amides is 3. The molecule has 124 valence electrons. The molecule has 0 aromatic heterocycles. The van der Waals surface area contributed by atoms with Gasteiger partial charge in [-0.05, 0) is 31.6 Å². The lowest BCUT2D eigenvalue weighted by Crippen LogP contribution is -2.44. The van der Waals surface area contributed by atoms with E-state index in [1.165, 1.54) is 12.8 Å². The minimum absolute atomic E-state index is 0.00311. The topological polar surface area (TPSA) is 61.9 Å². The second-order valence-electron chi connectivity index (χ2n) is 7.27. The summed E-state index contributed by atoms with van der Waals surface area (Å²) >= 11 is 0. The monoisotopic (exact) mass is 309 g/mol. The van der Waals surface area contributed by atoms with Crippen molar-refractivity contribution in [3.05, 3.63) is 0 Å². The summed E-state index contributed by atoms with van der Waals surface area (Å²) in [7, 11) is 3.53. The molecular formula is C16H27N3O3. The van der Waals surface area contributed by atoms with E-state index in [2.05, 4.69) is 5.32 Å². The Morgan fingerprint density at radius 2 is 1.95 bits per heavy atom. The van der Waals surface area contributed by atoms with Crippen molar-refractivity contribution in [2.45, 2.75) is 25.7 Å². The average molecular weight is 309 g/mol. The summed E-state index contributed by atoms with van der Waals surface area (Å²) in [4.78, 5) is 28.4. The maximum Gasteiger partial charge on any atom is 0.319 e. The molecule has 3 aliphatic rings. The van der Waals surface area contributed by atoms with E-state index < -0.39 is 0 Å². The Hall–Kier alpha value is -1.30. The van der Waals surface area contributed by atoms with Gasteiger partial charge in [0.25, 0.3) is 0 Å². The van der Waals surface area contributed by atoms with Gasteiger partial charge in [-0.1, -0.05) is 0 Å². The first-order valence-electron chi connectivity index (χ1n) is 8.33. The van der Waals surface area contributed by atoms with Gasteiger partial charge in [0, 0.05) is 52.4 Å². The highest BCUT2D eigenvalue weighted by Gasteiger charge is 2.52. The van der Waals surface area contributed by atoms with E-state index in [1.54, 1.807) is 19.0 Å². The SMILES string of the molecule is CN(C)C(=O)N1C[C@@H](C(=O)NCC2CC2)C2(CCOCC2)C1. The second-order valence-corrected chi connectivity index (χ2v) is 7.27. The summed E-state index contributed by atoms with van der Waals surface area (Å²) in [5, 5.41) is 3.12. The molecule has 2 saturated heterocycles. The summed E-state index contributed by atoms with van der Waals surface area (Å²) in [6.07, 6.45) is 4.20. The molecule has 1 spiro atoms. The molecule has 3 rings (SSSR count). The van der Waals surface area contributed by atoms with Crippen molar-refractivity contribution >= 4 is 11.9 Å². The number of hydrogen-bond donors (Lipinski definition) is 1. The van der Waals surface area contributed by atoms with Gasteiger partial charge in [0.2, 0.25) is 5.91 Å². The third-order valence-corrected chi connectivity index (χ3v) is 5.37. The number of hydrogen-bond acceptors (Lipinski definition) is 3. The Labute approximate surface area is 132 Å². The number of carbonyl (C=O) groups excluding carboxylic acids is 2. The molecule has 2 heterocycles. The number of carbonyl (C=O) groups is 2. The summed E-state index contributed by atoms with van der Waals surface area (Å²) in [6, 6.07) is 0.00311. The standard InChI is InChI=1S/C16H27N3O3/c1-18(2)15(21)19-10-13(14(20)17-9-12-3-4-12)16(11-19)5-7-22-8-6-16/h12-13H,3-11H2,1-2H3,(H,17,20)/t13-/m0/s1. The quantitative estimate of drug-likeness (QED) is 0.843. The number of rotatable bonds is 3. The fraction of sp³-hybridized carbons (Fsp3) is 0.875. The summed E-state index contributed by atoms with van der Waals surface area (Å²) in [5.41, 5.74) is -0.0996. The van der Waals surface area contributed by atoms with E-state index in [9.17, 15) is 9.59 Å². The average Bonchev–Trinajstić information content (AvgIpc) is 3.27. The van der Waals surface area contributed by atoms with Crippen molar-refractivity contribution in [1.82, 2.24) is 15.1 Å². The van der Waals surface area contributed by atoms with E-state index >= 15 is 0 Å². The second kappa shape index (κ2) is 6.07. The van der Waals surface area contributed by atoms with Crippen LogP contribution in [-0.2, 0) is 9.53 Å². The minimum atomic E-state index is -0.0996. The van der Waals surface area contributed by atoms with Crippen LogP contribution in [0.25, 0.3) is 0 Å². The maximum absolute atomic E-state index is 12.7. The fourth-order valence-electron chi connectivity index (χ4n) is 3.73. The Kier molecular flexibility index (Phi) is 4.30.